The summed E-state index contributed by atoms with van der Waals surface area (Å²) in [6.45, 7) is 4.57. The highest BCUT2D eigenvalue weighted by Gasteiger charge is 2.03. The van der Waals surface area contributed by atoms with Crippen LogP contribution in [0.4, 0.5) is 5.82 Å². The van der Waals surface area contributed by atoms with Gasteiger partial charge in [0.05, 0.1) is 5.52 Å². The van der Waals surface area contributed by atoms with E-state index < -0.39 is 0 Å². The molecule has 4 heteroatoms. The molecule has 0 bridgehead atoms. The number of benzene rings is 1. The molecule has 0 saturated heterocycles. The molecule has 0 amide bonds. The van der Waals surface area contributed by atoms with Crippen molar-refractivity contribution in [1.82, 2.24) is 15.0 Å². The third-order valence-electron chi connectivity index (χ3n) is 3.14. The summed E-state index contributed by atoms with van der Waals surface area (Å²) < 4.78 is 0. The zero-order chi connectivity index (χ0) is 13.9. The predicted octanol–water partition coefficient (Wildman–Crippen LogP) is 3.25. The maximum absolute atomic E-state index is 4.46. The molecule has 0 radical (unpaired) electrons. The van der Waals surface area contributed by atoms with Crippen molar-refractivity contribution in [2.24, 2.45) is 0 Å². The fourth-order valence-corrected chi connectivity index (χ4v) is 2.30. The first kappa shape index (κ1) is 12.5. The van der Waals surface area contributed by atoms with Gasteiger partial charge in [-0.05, 0) is 25.5 Å². The molecule has 0 aliphatic heterocycles. The minimum atomic E-state index is 0.699. The molecule has 0 atom stereocenters. The van der Waals surface area contributed by atoms with Crippen LogP contribution in [-0.4, -0.2) is 15.0 Å². The van der Waals surface area contributed by atoms with E-state index in [-0.39, 0.29) is 0 Å². The second-order valence-corrected chi connectivity index (χ2v) is 4.79. The van der Waals surface area contributed by atoms with Crippen LogP contribution >= 0.6 is 0 Å². The van der Waals surface area contributed by atoms with Crippen LogP contribution < -0.4 is 5.32 Å². The van der Waals surface area contributed by atoms with Gasteiger partial charge in [-0.2, -0.15) is 0 Å². The van der Waals surface area contributed by atoms with Gasteiger partial charge in [-0.15, -0.1) is 0 Å². The number of fused-ring (bicyclic) bond motifs is 1. The number of rotatable bonds is 3. The lowest BCUT2D eigenvalue weighted by Gasteiger charge is -2.09. The van der Waals surface area contributed by atoms with Crippen LogP contribution in [0.2, 0.25) is 0 Å². The molecule has 0 saturated carbocycles. The third kappa shape index (κ3) is 2.59. The SMILES string of the molecule is Cc1cc(NCc2cccc3cccnc23)nc(C)n1. The molecule has 4 nitrogen and oxygen atoms in total. The van der Waals surface area contributed by atoms with Crippen molar-refractivity contribution in [2.45, 2.75) is 20.4 Å². The fraction of sp³-hybridized carbons (Fsp3) is 0.188. The molecule has 3 rings (SSSR count). The molecule has 0 unspecified atom stereocenters. The Kier molecular flexibility index (Phi) is 3.29. The lowest BCUT2D eigenvalue weighted by atomic mass is 10.1. The highest BCUT2D eigenvalue weighted by Crippen LogP contribution is 2.17. The highest BCUT2D eigenvalue weighted by atomic mass is 15.0. The second kappa shape index (κ2) is 5.25. The predicted molar refractivity (Wildman–Crippen MR) is 80.6 cm³/mol. The lowest BCUT2D eigenvalue weighted by molar-refractivity contribution is 0.993. The summed E-state index contributed by atoms with van der Waals surface area (Å²) in [5.41, 5.74) is 3.16. The summed E-state index contributed by atoms with van der Waals surface area (Å²) in [5.74, 6) is 1.63. The van der Waals surface area contributed by atoms with Gasteiger partial charge in [-0.1, -0.05) is 24.3 Å². The smallest absolute Gasteiger partial charge is 0.130 e. The van der Waals surface area contributed by atoms with Gasteiger partial charge in [0, 0.05) is 29.9 Å². The van der Waals surface area contributed by atoms with Crippen molar-refractivity contribution in [3.63, 3.8) is 0 Å². The molecular formula is C16H16N4. The Morgan fingerprint density at radius 2 is 1.90 bits per heavy atom. The molecule has 0 aliphatic rings. The van der Waals surface area contributed by atoms with Gasteiger partial charge < -0.3 is 5.32 Å². The molecule has 20 heavy (non-hydrogen) atoms. The Balaban J connectivity index is 1.87. The summed E-state index contributed by atoms with van der Waals surface area (Å²) >= 11 is 0. The van der Waals surface area contributed by atoms with Crippen molar-refractivity contribution in [1.29, 1.82) is 0 Å². The quantitative estimate of drug-likeness (QED) is 0.789. The number of anilines is 1. The van der Waals surface area contributed by atoms with E-state index in [1.54, 1.807) is 0 Å². The average Bonchev–Trinajstić information content (AvgIpc) is 2.44. The maximum Gasteiger partial charge on any atom is 0.130 e. The Morgan fingerprint density at radius 1 is 1.05 bits per heavy atom. The van der Waals surface area contributed by atoms with Gasteiger partial charge in [-0.25, -0.2) is 9.97 Å². The van der Waals surface area contributed by atoms with E-state index in [1.165, 1.54) is 0 Å². The van der Waals surface area contributed by atoms with Crippen LogP contribution in [0.1, 0.15) is 17.1 Å². The van der Waals surface area contributed by atoms with E-state index in [1.807, 2.05) is 32.2 Å². The monoisotopic (exact) mass is 264 g/mol. The Bertz CT molecular complexity index is 727. The van der Waals surface area contributed by atoms with Crippen LogP contribution in [0.25, 0.3) is 10.9 Å². The van der Waals surface area contributed by atoms with Crippen LogP contribution in [0.3, 0.4) is 0 Å². The van der Waals surface area contributed by atoms with Crippen LogP contribution in [0.15, 0.2) is 42.6 Å². The first-order valence-electron chi connectivity index (χ1n) is 6.61. The lowest BCUT2D eigenvalue weighted by Crippen LogP contribution is -2.04. The number of nitrogens with one attached hydrogen (secondary N) is 1. The fourth-order valence-electron chi connectivity index (χ4n) is 2.30. The van der Waals surface area contributed by atoms with E-state index in [0.29, 0.717) is 6.54 Å². The first-order valence-corrected chi connectivity index (χ1v) is 6.61. The van der Waals surface area contributed by atoms with E-state index in [2.05, 4.69) is 44.5 Å². The topological polar surface area (TPSA) is 50.7 Å². The number of nitrogens with zero attached hydrogens (tertiary/aromatic N) is 3. The third-order valence-corrected chi connectivity index (χ3v) is 3.14. The van der Waals surface area contributed by atoms with E-state index >= 15 is 0 Å². The molecule has 1 N–H and O–H groups in total. The maximum atomic E-state index is 4.46. The molecule has 0 fully saturated rings. The number of aryl methyl sites for hydroxylation is 2. The molecule has 2 heterocycles. The minimum absolute atomic E-state index is 0.699. The zero-order valence-corrected chi connectivity index (χ0v) is 11.6. The van der Waals surface area contributed by atoms with Gasteiger partial charge in [0.2, 0.25) is 0 Å². The van der Waals surface area contributed by atoms with Gasteiger partial charge in [0.25, 0.3) is 0 Å². The first-order chi connectivity index (χ1) is 9.72. The van der Waals surface area contributed by atoms with E-state index in [0.717, 1.165) is 33.8 Å². The standard InChI is InChI=1S/C16H16N4/c1-11-9-15(20-12(2)19-11)18-10-14-6-3-5-13-7-4-8-17-16(13)14/h3-9H,10H2,1-2H3,(H,18,19,20). The van der Waals surface area contributed by atoms with Gasteiger partial charge in [0.15, 0.2) is 0 Å². The number of para-hydroxylation sites is 1. The highest BCUT2D eigenvalue weighted by molar-refractivity contribution is 5.81. The number of hydrogen-bond donors (Lipinski definition) is 1. The van der Waals surface area contributed by atoms with Crippen molar-refractivity contribution in [2.75, 3.05) is 5.32 Å². The van der Waals surface area contributed by atoms with Crippen molar-refractivity contribution < 1.29 is 0 Å². The van der Waals surface area contributed by atoms with Gasteiger partial charge in [0.1, 0.15) is 11.6 Å². The van der Waals surface area contributed by atoms with Crippen LogP contribution in [-0.2, 0) is 6.54 Å². The summed E-state index contributed by atoms with van der Waals surface area (Å²) in [6, 6.07) is 12.2. The molecule has 100 valence electrons. The van der Waals surface area contributed by atoms with E-state index in [4.69, 9.17) is 0 Å². The molecule has 0 aliphatic carbocycles. The van der Waals surface area contributed by atoms with Crippen molar-refractivity contribution in [3.8, 4) is 0 Å². The second-order valence-electron chi connectivity index (χ2n) is 4.79. The molecule has 3 aromatic rings. The molecule has 2 aromatic heterocycles. The molecular weight excluding hydrogens is 248 g/mol. The summed E-state index contributed by atoms with van der Waals surface area (Å²) in [6.07, 6.45) is 1.82. The summed E-state index contributed by atoms with van der Waals surface area (Å²) in [7, 11) is 0. The number of pyridine rings is 1. The zero-order valence-electron chi connectivity index (χ0n) is 11.6. The minimum Gasteiger partial charge on any atom is -0.366 e. The summed E-state index contributed by atoms with van der Waals surface area (Å²) in [4.78, 5) is 13.1. The van der Waals surface area contributed by atoms with Crippen LogP contribution in [0.5, 0.6) is 0 Å². The Hall–Kier alpha value is -2.49. The van der Waals surface area contributed by atoms with Gasteiger partial charge >= 0.3 is 0 Å². The van der Waals surface area contributed by atoms with Crippen molar-refractivity contribution in [3.05, 3.63) is 59.7 Å². The normalized spacial score (nSPS) is 10.7. The van der Waals surface area contributed by atoms with Crippen LogP contribution in [0, 0.1) is 13.8 Å². The number of aromatic nitrogens is 3. The Labute approximate surface area is 117 Å². The van der Waals surface area contributed by atoms with Crippen molar-refractivity contribution >= 4 is 16.7 Å². The van der Waals surface area contributed by atoms with E-state index in [9.17, 15) is 0 Å². The largest absolute Gasteiger partial charge is 0.366 e. The molecule has 0 spiro atoms. The number of hydrogen-bond acceptors (Lipinski definition) is 4. The Morgan fingerprint density at radius 3 is 2.75 bits per heavy atom. The summed E-state index contributed by atoms with van der Waals surface area (Å²) in [5, 5.41) is 4.50. The molecule has 1 aromatic carbocycles. The van der Waals surface area contributed by atoms with Gasteiger partial charge in [-0.3, -0.25) is 4.98 Å². The average molecular weight is 264 g/mol.